The molecule has 0 heterocycles. The summed E-state index contributed by atoms with van der Waals surface area (Å²) in [6.45, 7) is 4.23. The molecule has 2 nitrogen and oxygen atoms in total. The zero-order valence-electron chi connectivity index (χ0n) is 6.76. The van der Waals surface area contributed by atoms with Gasteiger partial charge in [-0.2, -0.15) is 0 Å². The molecule has 0 fully saturated rings. The summed E-state index contributed by atoms with van der Waals surface area (Å²) < 4.78 is 0. The lowest BCUT2D eigenvalue weighted by molar-refractivity contribution is -0.137. The van der Waals surface area contributed by atoms with Crippen molar-refractivity contribution in [1.29, 1.82) is 0 Å². The molecule has 0 bridgehead atoms. The Morgan fingerprint density at radius 3 is 2.50 bits per heavy atom. The summed E-state index contributed by atoms with van der Waals surface area (Å²) in [5.41, 5.74) is 0. The molecule has 10 heavy (non-hydrogen) atoms. The molecule has 60 valence electrons. The predicted octanol–water partition coefficient (Wildman–Crippen LogP) is 2.29. The highest BCUT2D eigenvalue weighted by Crippen LogP contribution is 2.11. The van der Waals surface area contributed by atoms with Crippen LogP contribution in [0.15, 0.2) is 0 Å². The molecule has 0 aromatic rings. The Morgan fingerprint density at radius 1 is 1.50 bits per heavy atom. The quantitative estimate of drug-likeness (QED) is 0.642. The van der Waals surface area contributed by atoms with Crippen molar-refractivity contribution in [1.82, 2.24) is 0 Å². The average Bonchev–Trinajstić information content (AvgIpc) is 1.85. The van der Waals surface area contributed by atoms with Crippen LogP contribution in [0.2, 0.25) is 0 Å². The van der Waals surface area contributed by atoms with Gasteiger partial charge in [-0.05, 0) is 12.3 Å². The molecule has 0 amide bonds. The number of carboxylic acids is 1. The fourth-order valence-electron chi connectivity index (χ4n) is 1.01. The highest BCUT2D eigenvalue weighted by atomic mass is 16.4. The number of hydrogen-bond acceptors (Lipinski definition) is 1. The van der Waals surface area contributed by atoms with Crippen molar-refractivity contribution in [2.75, 3.05) is 0 Å². The van der Waals surface area contributed by atoms with Crippen LogP contribution < -0.4 is 0 Å². The lowest BCUT2D eigenvalue weighted by Crippen LogP contribution is -2.00. The maximum atomic E-state index is 10.1. The van der Waals surface area contributed by atoms with E-state index < -0.39 is 5.97 Å². The van der Waals surface area contributed by atoms with Crippen LogP contribution in [-0.4, -0.2) is 11.1 Å². The summed E-state index contributed by atoms with van der Waals surface area (Å²) in [5, 5.41) is 8.33. The Hall–Kier alpha value is -0.530. The number of rotatable bonds is 5. The Kier molecular flexibility index (Phi) is 4.99. The standard InChI is InChI=1S/C8H16O2/c1-3-4-7(2)5-6-8(9)10/h7H,3-6H2,1-2H3,(H,9,10). The first-order valence-electron chi connectivity index (χ1n) is 3.88. The monoisotopic (exact) mass is 144 g/mol. The van der Waals surface area contributed by atoms with Crippen molar-refractivity contribution in [3.05, 3.63) is 0 Å². The molecule has 0 aliphatic heterocycles. The van der Waals surface area contributed by atoms with Crippen molar-refractivity contribution >= 4 is 5.97 Å². The van der Waals surface area contributed by atoms with Gasteiger partial charge < -0.3 is 5.11 Å². The first-order chi connectivity index (χ1) is 4.66. The zero-order valence-corrected chi connectivity index (χ0v) is 6.76. The van der Waals surface area contributed by atoms with Crippen LogP contribution in [0.25, 0.3) is 0 Å². The summed E-state index contributed by atoms with van der Waals surface area (Å²) in [4.78, 5) is 10.1. The van der Waals surface area contributed by atoms with Crippen LogP contribution in [0.1, 0.15) is 39.5 Å². The van der Waals surface area contributed by atoms with Gasteiger partial charge in [-0.3, -0.25) is 4.79 Å². The van der Waals surface area contributed by atoms with Gasteiger partial charge >= 0.3 is 5.97 Å². The number of carboxylic acid groups (broad SMARTS) is 1. The lowest BCUT2D eigenvalue weighted by atomic mass is 10.0. The van der Waals surface area contributed by atoms with E-state index in [9.17, 15) is 4.79 Å². The van der Waals surface area contributed by atoms with Crippen LogP contribution in [0.5, 0.6) is 0 Å². The number of carbonyl (C=O) groups is 1. The van der Waals surface area contributed by atoms with Gasteiger partial charge in [0.15, 0.2) is 0 Å². The number of aliphatic carboxylic acids is 1. The van der Waals surface area contributed by atoms with Gasteiger partial charge in [-0.25, -0.2) is 0 Å². The molecule has 0 aromatic heterocycles. The van der Waals surface area contributed by atoms with E-state index in [2.05, 4.69) is 13.8 Å². The fraction of sp³-hybridized carbons (Fsp3) is 0.875. The summed E-state index contributed by atoms with van der Waals surface area (Å²) in [5.74, 6) is -0.107. The van der Waals surface area contributed by atoms with Crippen molar-refractivity contribution in [3.63, 3.8) is 0 Å². The van der Waals surface area contributed by atoms with Crippen molar-refractivity contribution in [2.24, 2.45) is 5.92 Å². The summed E-state index contributed by atoms with van der Waals surface area (Å²) in [6.07, 6.45) is 3.44. The summed E-state index contributed by atoms with van der Waals surface area (Å²) in [6, 6.07) is 0. The normalized spacial score (nSPS) is 13.0. The smallest absolute Gasteiger partial charge is 0.303 e. The summed E-state index contributed by atoms with van der Waals surface area (Å²) in [7, 11) is 0. The van der Waals surface area contributed by atoms with Crippen LogP contribution in [0.4, 0.5) is 0 Å². The molecule has 0 saturated carbocycles. The molecule has 0 rings (SSSR count). The second kappa shape index (κ2) is 5.27. The maximum Gasteiger partial charge on any atom is 0.303 e. The second-order valence-electron chi connectivity index (χ2n) is 2.83. The minimum atomic E-state index is -0.678. The highest BCUT2D eigenvalue weighted by molar-refractivity contribution is 5.66. The minimum Gasteiger partial charge on any atom is -0.481 e. The van der Waals surface area contributed by atoms with Crippen molar-refractivity contribution < 1.29 is 9.90 Å². The zero-order chi connectivity index (χ0) is 7.98. The molecule has 0 aromatic carbocycles. The molecule has 0 spiro atoms. The molecular formula is C8H16O2. The molecule has 1 N–H and O–H groups in total. The van der Waals surface area contributed by atoms with E-state index in [1.165, 1.54) is 0 Å². The molecule has 0 radical (unpaired) electrons. The van der Waals surface area contributed by atoms with E-state index in [-0.39, 0.29) is 0 Å². The SMILES string of the molecule is CCCC(C)CCC(=O)O. The van der Waals surface area contributed by atoms with Gasteiger partial charge in [-0.1, -0.05) is 26.7 Å². The molecule has 1 atom stereocenters. The minimum absolute atomic E-state index is 0.321. The van der Waals surface area contributed by atoms with E-state index in [4.69, 9.17) is 5.11 Å². The highest BCUT2D eigenvalue weighted by Gasteiger charge is 2.03. The van der Waals surface area contributed by atoms with Crippen molar-refractivity contribution in [2.45, 2.75) is 39.5 Å². The molecule has 2 heteroatoms. The first-order valence-corrected chi connectivity index (χ1v) is 3.88. The van der Waals surface area contributed by atoms with E-state index in [1.807, 2.05) is 0 Å². The Morgan fingerprint density at radius 2 is 2.10 bits per heavy atom. The van der Waals surface area contributed by atoms with Gasteiger partial charge in [0, 0.05) is 6.42 Å². The van der Waals surface area contributed by atoms with Crippen LogP contribution in [-0.2, 0) is 4.79 Å². The van der Waals surface area contributed by atoms with Crippen LogP contribution >= 0.6 is 0 Å². The Labute approximate surface area is 62.2 Å². The van der Waals surface area contributed by atoms with Gasteiger partial charge in [0.1, 0.15) is 0 Å². The third-order valence-corrected chi connectivity index (χ3v) is 1.63. The summed E-state index contributed by atoms with van der Waals surface area (Å²) >= 11 is 0. The van der Waals surface area contributed by atoms with Gasteiger partial charge in [0.05, 0.1) is 0 Å². The van der Waals surface area contributed by atoms with Crippen LogP contribution in [0, 0.1) is 5.92 Å². The fourth-order valence-corrected chi connectivity index (χ4v) is 1.01. The molecule has 0 aliphatic carbocycles. The topological polar surface area (TPSA) is 37.3 Å². The third kappa shape index (κ3) is 5.60. The van der Waals surface area contributed by atoms with E-state index in [0.29, 0.717) is 12.3 Å². The Bertz CT molecular complexity index is 99.4. The van der Waals surface area contributed by atoms with Crippen LogP contribution in [0.3, 0.4) is 0 Å². The Balaban J connectivity index is 3.21. The molecule has 1 unspecified atom stereocenters. The first kappa shape index (κ1) is 9.47. The van der Waals surface area contributed by atoms with Gasteiger partial charge in [-0.15, -0.1) is 0 Å². The van der Waals surface area contributed by atoms with E-state index >= 15 is 0 Å². The maximum absolute atomic E-state index is 10.1. The molecule has 0 saturated heterocycles. The average molecular weight is 144 g/mol. The van der Waals surface area contributed by atoms with Gasteiger partial charge in [0.25, 0.3) is 0 Å². The second-order valence-corrected chi connectivity index (χ2v) is 2.83. The molecule has 0 aliphatic rings. The number of hydrogen-bond donors (Lipinski definition) is 1. The van der Waals surface area contributed by atoms with E-state index in [0.717, 1.165) is 19.3 Å². The molecular weight excluding hydrogens is 128 g/mol. The lowest BCUT2D eigenvalue weighted by Gasteiger charge is -2.06. The largest absolute Gasteiger partial charge is 0.481 e. The predicted molar refractivity (Wildman–Crippen MR) is 40.9 cm³/mol. The third-order valence-electron chi connectivity index (χ3n) is 1.63. The van der Waals surface area contributed by atoms with Gasteiger partial charge in [0.2, 0.25) is 0 Å². The van der Waals surface area contributed by atoms with Crippen molar-refractivity contribution in [3.8, 4) is 0 Å². The van der Waals surface area contributed by atoms with E-state index in [1.54, 1.807) is 0 Å².